The number of ether oxygens (including phenoxy) is 1. The number of esters is 1. The molecule has 1 aromatic rings. The van der Waals surface area contributed by atoms with Gasteiger partial charge in [0.25, 0.3) is 0 Å². The lowest BCUT2D eigenvalue weighted by Gasteiger charge is -2.28. The summed E-state index contributed by atoms with van der Waals surface area (Å²) in [6.07, 6.45) is 5.11. The molecule has 0 spiro atoms. The second kappa shape index (κ2) is 5.55. The highest BCUT2D eigenvalue weighted by Crippen LogP contribution is 2.22. The Labute approximate surface area is 95.3 Å². The van der Waals surface area contributed by atoms with Gasteiger partial charge in [-0.05, 0) is 13.5 Å². The third-order valence-electron chi connectivity index (χ3n) is 2.42. The molecular formula is C11H17N3O2. The Morgan fingerprint density at radius 3 is 2.81 bits per heavy atom. The van der Waals surface area contributed by atoms with Crippen molar-refractivity contribution in [3.05, 3.63) is 24.3 Å². The van der Waals surface area contributed by atoms with E-state index >= 15 is 0 Å². The zero-order chi connectivity index (χ0) is 12.0. The monoisotopic (exact) mass is 223 g/mol. The molecule has 1 unspecified atom stereocenters. The van der Waals surface area contributed by atoms with E-state index in [1.807, 2.05) is 13.8 Å². The highest BCUT2D eigenvalue weighted by Gasteiger charge is 2.30. The van der Waals surface area contributed by atoms with Gasteiger partial charge in [0.05, 0.1) is 31.0 Å². The Morgan fingerprint density at radius 1 is 1.56 bits per heavy atom. The fraction of sp³-hybridized carbons (Fsp3) is 0.545. The van der Waals surface area contributed by atoms with Gasteiger partial charge in [0.1, 0.15) is 0 Å². The van der Waals surface area contributed by atoms with Crippen LogP contribution in [0.1, 0.15) is 26.0 Å². The quantitative estimate of drug-likeness (QED) is 0.750. The van der Waals surface area contributed by atoms with Crippen LogP contribution in [0.2, 0.25) is 0 Å². The van der Waals surface area contributed by atoms with Crippen molar-refractivity contribution < 1.29 is 9.53 Å². The molecule has 1 heterocycles. The molecule has 0 aliphatic carbocycles. The first-order chi connectivity index (χ1) is 7.62. The normalized spacial score (nSPS) is 14.2. The van der Waals surface area contributed by atoms with Gasteiger partial charge in [0.2, 0.25) is 0 Å². The van der Waals surface area contributed by atoms with Crippen molar-refractivity contribution in [2.75, 3.05) is 13.7 Å². The first kappa shape index (κ1) is 12.6. The summed E-state index contributed by atoms with van der Waals surface area (Å²) in [7, 11) is 1.38. The topological polar surface area (TPSA) is 64.1 Å². The van der Waals surface area contributed by atoms with Crippen molar-refractivity contribution in [3.63, 3.8) is 0 Å². The van der Waals surface area contributed by atoms with Crippen LogP contribution in [-0.4, -0.2) is 29.6 Å². The van der Waals surface area contributed by atoms with Crippen LogP contribution in [0.5, 0.6) is 0 Å². The maximum atomic E-state index is 11.4. The molecule has 0 amide bonds. The predicted molar refractivity (Wildman–Crippen MR) is 59.7 cm³/mol. The van der Waals surface area contributed by atoms with E-state index in [9.17, 15) is 4.79 Å². The van der Waals surface area contributed by atoms with Crippen molar-refractivity contribution in [2.24, 2.45) is 0 Å². The number of carbonyl (C=O) groups is 1. The summed E-state index contributed by atoms with van der Waals surface area (Å²) in [4.78, 5) is 19.6. The third-order valence-corrected chi connectivity index (χ3v) is 2.42. The van der Waals surface area contributed by atoms with Crippen LogP contribution in [0.15, 0.2) is 18.6 Å². The maximum absolute atomic E-state index is 11.4. The molecule has 16 heavy (non-hydrogen) atoms. The molecular weight excluding hydrogens is 206 g/mol. The van der Waals surface area contributed by atoms with E-state index in [2.05, 4.69) is 20.0 Å². The smallest absolute Gasteiger partial charge is 0.307 e. The van der Waals surface area contributed by atoms with Crippen LogP contribution < -0.4 is 5.32 Å². The Bertz CT molecular complexity index is 342. The molecule has 88 valence electrons. The standard InChI is InChI=1S/C11H17N3O2/c1-4-14-11(2,7-10(15)16-3)9-8-12-5-6-13-9/h5-6,8,14H,4,7H2,1-3H3. The Hall–Kier alpha value is -1.49. The summed E-state index contributed by atoms with van der Waals surface area (Å²) in [6.45, 7) is 4.63. The molecule has 1 aromatic heterocycles. The number of aromatic nitrogens is 2. The average molecular weight is 223 g/mol. The SMILES string of the molecule is CCNC(C)(CC(=O)OC)c1cnccn1. The summed E-state index contributed by atoms with van der Waals surface area (Å²) < 4.78 is 4.69. The number of nitrogens with one attached hydrogen (secondary N) is 1. The molecule has 5 heteroatoms. The van der Waals surface area contributed by atoms with Gasteiger partial charge >= 0.3 is 5.97 Å². The molecule has 0 fully saturated rings. The molecule has 1 atom stereocenters. The van der Waals surface area contributed by atoms with Gasteiger partial charge in [-0.1, -0.05) is 6.92 Å². The first-order valence-electron chi connectivity index (χ1n) is 5.20. The largest absolute Gasteiger partial charge is 0.469 e. The lowest BCUT2D eigenvalue weighted by atomic mass is 9.94. The van der Waals surface area contributed by atoms with Crippen LogP contribution >= 0.6 is 0 Å². The Morgan fingerprint density at radius 2 is 2.31 bits per heavy atom. The molecule has 1 N–H and O–H groups in total. The van der Waals surface area contributed by atoms with Crippen LogP contribution in [-0.2, 0) is 15.1 Å². The second-order valence-electron chi connectivity index (χ2n) is 3.71. The minimum atomic E-state index is -0.532. The van der Waals surface area contributed by atoms with Crippen molar-refractivity contribution >= 4 is 5.97 Å². The zero-order valence-electron chi connectivity index (χ0n) is 9.86. The van der Waals surface area contributed by atoms with Crippen molar-refractivity contribution in [3.8, 4) is 0 Å². The molecule has 5 nitrogen and oxygen atoms in total. The fourth-order valence-electron chi connectivity index (χ4n) is 1.58. The second-order valence-corrected chi connectivity index (χ2v) is 3.71. The minimum absolute atomic E-state index is 0.232. The molecule has 0 aromatic carbocycles. The van der Waals surface area contributed by atoms with Gasteiger partial charge in [-0.25, -0.2) is 0 Å². The highest BCUT2D eigenvalue weighted by molar-refractivity contribution is 5.70. The van der Waals surface area contributed by atoms with E-state index < -0.39 is 5.54 Å². The molecule has 0 saturated heterocycles. The summed E-state index contributed by atoms with van der Waals surface area (Å²) in [5.41, 5.74) is 0.207. The van der Waals surface area contributed by atoms with Crippen molar-refractivity contribution in [2.45, 2.75) is 25.8 Å². The van der Waals surface area contributed by atoms with Gasteiger partial charge in [-0.15, -0.1) is 0 Å². The van der Waals surface area contributed by atoms with Gasteiger partial charge in [0.15, 0.2) is 0 Å². The zero-order valence-corrected chi connectivity index (χ0v) is 9.86. The van der Waals surface area contributed by atoms with Gasteiger partial charge in [0, 0.05) is 12.4 Å². The van der Waals surface area contributed by atoms with Crippen LogP contribution in [0.3, 0.4) is 0 Å². The number of rotatable bonds is 5. The van der Waals surface area contributed by atoms with E-state index in [1.54, 1.807) is 18.6 Å². The highest BCUT2D eigenvalue weighted by atomic mass is 16.5. The number of nitrogens with zero attached hydrogens (tertiary/aromatic N) is 2. The Balaban J connectivity index is 2.92. The van der Waals surface area contributed by atoms with E-state index in [0.29, 0.717) is 0 Å². The van der Waals surface area contributed by atoms with E-state index in [1.165, 1.54) is 7.11 Å². The predicted octanol–water partition coefficient (Wildman–Crippen LogP) is 0.864. The van der Waals surface area contributed by atoms with Crippen molar-refractivity contribution in [1.82, 2.24) is 15.3 Å². The van der Waals surface area contributed by atoms with Gasteiger partial charge in [-0.2, -0.15) is 0 Å². The van der Waals surface area contributed by atoms with E-state index in [0.717, 1.165) is 12.2 Å². The lowest BCUT2D eigenvalue weighted by molar-refractivity contribution is -0.142. The molecule has 0 aliphatic heterocycles. The number of hydrogen-bond donors (Lipinski definition) is 1. The number of methoxy groups -OCH3 is 1. The van der Waals surface area contributed by atoms with Gasteiger partial charge < -0.3 is 10.1 Å². The van der Waals surface area contributed by atoms with E-state index in [-0.39, 0.29) is 12.4 Å². The molecule has 0 radical (unpaired) electrons. The summed E-state index contributed by atoms with van der Waals surface area (Å²) >= 11 is 0. The van der Waals surface area contributed by atoms with Crippen LogP contribution in [0.4, 0.5) is 0 Å². The average Bonchev–Trinajstić information content (AvgIpc) is 2.30. The molecule has 0 bridgehead atoms. The Kier molecular flexibility index (Phi) is 4.37. The lowest BCUT2D eigenvalue weighted by Crippen LogP contribution is -2.42. The van der Waals surface area contributed by atoms with Crippen LogP contribution in [0, 0.1) is 0 Å². The van der Waals surface area contributed by atoms with Gasteiger partial charge in [-0.3, -0.25) is 14.8 Å². The fourth-order valence-corrected chi connectivity index (χ4v) is 1.58. The molecule has 0 aliphatic rings. The van der Waals surface area contributed by atoms with Crippen LogP contribution in [0.25, 0.3) is 0 Å². The number of carbonyl (C=O) groups excluding carboxylic acids is 1. The van der Waals surface area contributed by atoms with Crippen molar-refractivity contribution in [1.29, 1.82) is 0 Å². The third kappa shape index (κ3) is 3.00. The number of hydrogen-bond acceptors (Lipinski definition) is 5. The maximum Gasteiger partial charge on any atom is 0.307 e. The summed E-state index contributed by atoms with van der Waals surface area (Å²) in [6, 6.07) is 0. The first-order valence-corrected chi connectivity index (χ1v) is 5.20. The van der Waals surface area contributed by atoms with E-state index in [4.69, 9.17) is 0 Å². The summed E-state index contributed by atoms with van der Waals surface area (Å²) in [5.74, 6) is -0.269. The summed E-state index contributed by atoms with van der Waals surface area (Å²) in [5, 5.41) is 3.24. The molecule has 0 saturated carbocycles. The minimum Gasteiger partial charge on any atom is -0.469 e. The molecule has 1 rings (SSSR count).